The molecule has 0 saturated heterocycles. The first kappa shape index (κ1) is 21.7. The van der Waals surface area contributed by atoms with Gasteiger partial charge in [0.15, 0.2) is 0 Å². The Hall–Kier alpha value is -1.57. The standard InChI is InChI=1S/C25H40N2/c1-4-5-6-7-8-9-10-14-23-15-17-24(18-16-23)21(2)12-11-13-22(3)25-26-19-20-27-25/h15-22H,4-14H2,1-3H3,(H,26,27). The number of rotatable bonds is 14. The van der Waals surface area contributed by atoms with E-state index in [0.717, 1.165) is 5.82 Å². The molecule has 1 heterocycles. The second kappa shape index (κ2) is 12.8. The van der Waals surface area contributed by atoms with Gasteiger partial charge in [-0.25, -0.2) is 4.98 Å². The van der Waals surface area contributed by atoms with Crippen molar-refractivity contribution in [3.8, 4) is 0 Å². The summed E-state index contributed by atoms with van der Waals surface area (Å²) in [5.41, 5.74) is 3.00. The number of aryl methyl sites for hydroxylation is 1. The Labute approximate surface area is 167 Å². The minimum Gasteiger partial charge on any atom is -0.348 e. The summed E-state index contributed by atoms with van der Waals surface area (Å²) in [5.74, 6) is 2.29. The lowest BCUT2D eigenvalue weighted by atomic mass is 9.92. The Balaban J connectivity index is 1.62. The van der Waals surface area contributed by atoms with Crippen LogP contribution in [0.15, 0.2) is 36.7 Å². The summed E-state index contributed by atoms with van der Waals surface area (Å²) < 4.78 is 0. The van der Waals surface area contributed by atoms with Gasteiger partial charge < -0.3 is 4.98 Å². The van der Waals surface area contributed by atoms with Crippen LogP contribution in [0.4, 0.5) is 0 Å². The zero-order valence-electron chi connectivity index (χ0n) is 17.8. The maximum Gasteiger partial charge on any atom is 0.108 e. The first-order valence-electron chi connectivity index (χ1n) is 11.3. The third-order valence-electron chi connectivity index (χ3n) is 5.88. The number of hydrogen-bond donors (Lipinski definition) is 1. The van der Waals surface area contributed by atoms with Crippen LogP contribution in [-0.2, 0) is 6.42 Å². The van der Waals surface area contributed by atoms with Crippen molar-refractivity contribution in [1.82, 2.24) is 9.97 Å². The van der Waals surface area contributed by atoms with Gasteiger partial charge in [-0.1, -0.05) is 90.0 Å². The molecule has 2 aromatic rings. The fourth-order valence-corrected chi connectivity index (χ4v) is 3.88. The quantitative estimate of drug-likeness (QED) is 0.339. The van der Waals surface area contributed by atoms with Gasteiger partial charge in [0.25, 0.3) is 0 Å². The molecular formula is C25H40N2. The van der Waals surface area contributed by atoms with Crippen molar-refractivity contribution in [2.24, 2.45) is 0 Å². The predicted molar refractivity (Wildman–Crippen MR) is 117 cm³/mol. The Bertz CT molecular complexity index is 585. The number of imidazole rings is 1. The maximum atomic E-state index is 4.38. The maximum absolute atomic E-state index is 4.38. The van der Waals surface area contributed by atoms with Gasteiger partial charge in [0.1, 0.15) is 5.82 Å². The van der Waals surface area contributed by atoms with Crippen molar-refractivity contribution in [2.75, 3.05) is 0 Å². The largest absolute Gasteiger partial charge is 0.348 e. The molecule has 150 valence electrons. The van der Waals surface area contributed by atoms with E-state index in [2.05, 4.69) is 55.0 Å². The molecule has 2 nitrogen and oxygen atoms in total. The number of benzene rings is 1. The highest BCUT2D eigenvalue weighted by molar-refractivity contribution is 5.25. The van der Waals surface area contributed by atoms with Crippen LogP contribution in [0.25, 0.3) is 0 Å². The number of nitrogens with zero attached hydrogens (tertiary/aromatic N) is 1. The first-order valence-corrected chi connectivity index (χ1v) is 11.3. The number of aromatic amines is 1. The van der Waals surface area contributed by atoms with E-state index in [4.69, 9.17) is 0 Å². The topological polar surface area (TPSA) is 28.7 Å². The van der Waals surface area contributed by atoms with Gasteiger partial charge in [-0.2, -0.15) is 0 Å². The minimum atomic E-state index is 0.525. The third kappa shape index (κ3) is 8.32. The highest BCUT2D eigenvalue weighted by Gasteiger charge is 2.10. The molecule has 2 rings (SSSR count). The number of hydrogen-bond acceptors (Lipinski definition) is 1. The monoisotopic (exact) mass is 368 g/mol. The molecular weight excluding hydrogens is 328 g/mol. The van der Waals surface area contributed by atoms with Crippen LogP contribution >= 0.6 is 0 Å². The number of unbranched alkanes of at least 4 members (excludes halogenated alkanes) is 6. The average molecular weight is 369 g/mol. The summed E-state index contributed by atoms with van der Waals surface area (Å²) in [6, 6.07) is 9.43. The molecule has 0 aliphatic rings. The van der Waals surface area contributed by atoms with E-state index in [1.807, 2.05) is 12.4 Å². The molecule has 0 aliphatic heterocycles. The fourth-order valence-electron chi connectivity index (χ4n) is 3.88. The SMILES string of the molecule is CCCCCCCCCc1ccc(C(C)CCCC(C)c2ncc[nH]2)cc1. The van der Waals surface area contributed by atoms with Gasteiger partial charge in [-0.05, 0) is 42.7 Å². The molecule has 27 heavy (non-hydrogen) atoms. The Morgan fingerprint density at radius 3 is 2.15 bits per heavy atom. The highest BCUT2D eigenvalue weighted by Crippen LogP contribution is 2.25. The molecule has 0 bridgehead atoms. The number of aromatic nitrogens is 2. The Kier molecular flexibility index (Phi) is 10.3. The summed E-state index contributed by atoms with van der Waals surface area (Å²) in [6.45, 7) is 6.91. The van der Waals surface area contributed by atoms with Crippen LogP contribution in [0.2, 0.25) is 0 Å². The van der Waals surface area contributed by atoms with Gasteiger partial charge >= 0.3 is 0 Å². The molecule has 1 aromatic heterocycles. The summed E-state index contributed by atoms with van der Waals surface area (Å²) in [4.78, 5) is 7.61. The molecule has 0 amide bonds. The van der Waals surface area contributed by atoms with Crippen molar-refractivity contribution in [3.63, 3.8) is 0 Å². The summed E-state index contributed by atoms with van der Waals surface area (Å²) in [6.07, 6.45) is 18.4. The van der Waals surface area contributed by atoms with Gasteiger partial charge in [0, 0.05) is 18.3 Å². The number of H-pyrrole nitrogens is 1. The van der Waals surface area contributed by atoms with Crippen LogP contribution in [-0.4, -0.2) is 9.97 Å². The van der Waals surface area contributed by atoms with E-state index in [0.29, 0.717) is 11.8 Å². The first-order chi connectivity index (χ1) is 13.2. The van der Waals surface area contributed by atoms with Crippen molar-refractivity contribution in [1.29, 1.82) is 0 Å². The van der Waals surface area contributed by atoms with Crippen molar-refractivity contribution < 1.29 is 0 Å². The Morgan fingerprint density at radius 1 is 0.815 bits per heavy atom. The van der Waals surface area contributed by atoms with Gasteiger partial charge in [-0.3, -0.25) is 0 Å². The number of nitrogens with one attached hydrogen (secondary N) is 1. The molecule has 0 spiro atoms. The molecule has 1 aromatic carbocycles. The lowest BCUT2D eigenvalue weighted by Crippen LogP contribution is -1.99. The molecule has 0 saturated carbocycles. The lowest BCUT2D eigenvalue weighted by Gasteiger charge is -2.14. The van der Waals surface area contributed by atoms with Crippen LogP contribution in [0, 0.1) is 0 Å². The fraction of sp³-hybridized carbons (Fsp3) is 0.640. The van der Waals surface area contributed by atoms with Crippen molar-refractivity contribution in [2.45, 2.75) is 103 Å². The van der Waals surface area contributed by atoms with Crippen LogP contribution in [0.5, 0.6) is 0 Å². The normalized spacial score (nSPS) is 13.6. The van der Waals surface area contributed by atoms with E-state index in [1.165, 1.54) is 81.8 Å². The van der Waals surface area contributed by atoms with Crippen LogP contribution < -0.4 is 0 Å². The average Bonchev–Trinajstić information content (AvgIpc) is 3.22. The lowest BCUT2D eigenvalue weighted by molar-refractivity contribution is 0.548. The van der Waals surface area contributed by atoms with Crippen molar-refractivity contribution in [3.05, 3.63) is 53.6 Å². The second-order valence-corrected chi connectivity index (χ2v) is 8.32. The smallest absolute Gasteiger partial charge is 0.108 e. The molecule has 2 atom stereocenters. The van der Waals surface area contributed by atoms with Gasteiger partial charge in [0.2, 0.25) is 0 Å². The van der Waals surface area contributed by atoms with E-state index >= 15 is 0 Å². The molecule has 2 unspecified atom stereocenters. The Morgan fingerprint density at radius 2 is 1.48 bits per heavy atom. The summed E-state index contributed by atoms with van der Waals surface area (Å²) in [5, 5.41) is 0. The molecule has 0 radical (unpaired) electrons. The highest BCUT2D eigenvalue weighted by atomic mass is 14.9. The van der Waals surface area contributed by atoms with Crippen LogP contribution in [0.1, 0.15) is 114 Å². The van der Waals surface area contributed by atoms with E-state index < -0.39 is 0 Å². The predicted octanol–water partition coefficient (Wildman–Crippen LogP) is 7.78. The zero-order chi connectivity index (χ0) is 19.3. The van der Waals surface area contributed by atoms with Crippen LogP contribution in [0.3, 0.4) is 0 Å². The second-order valence-electron chi connectivity index (χ2n) is 8.32. The molecule has 2 heteroatoms. The third-order valence-corrected chi connectivity index (χ3v) is 5.88. The molecule has 0 fully saturated rings. The molecule has 0 aliphatic carbocycles. The van der Waals surface area contributed by atoms with Gasteiger partial charge in [-0.15, -0.1) is 0 Å². The summed E-state index contributed by atoms with van der Waals surface area (Å²) >= 11 is 0. The summed E-state index contributed by atoms with van der Waals surface area (Å²) in [7, 11) is 0. The van der Waals surface area contributed by atoms with Crippen molar-refractivity contribution >= 4 is 0 Å². The van der Waals surface area contributed by atoms with E-state index in [-0.39, 0.29) is 0 Å². The van der Waals surface area contributed by atoms with Gasteiger partial charge in [0.05, 0.1) is 0 Å². The van der Waals surface area contributed by atoms with E-state index in [9.17, 15) is 0 Å². The van der Waals surface area contributed by atoms with E-state index in [1.54, 1.807) is 0 Å². The minimum absolute atomic E-state index is 0.525. The molecule has 1 N–H and O–H groups in total. The zero-order valence-corrected chi connectivity index (χ0v) is 17.8.